The molecule has 0 fully saturated rings. The quantitative estimate of drug-likeness (QED) is 0.916. The lowest BCUT2D eigenvalue weighted by Crippen LogP contribution is -2.28. The lowest BCUT2D eigenvalue weighted by molar-refractivity contribution is -0.121. The fourth-order valence-corrected chi connectivity index (χ4v) is 3.89. The van der Waals surface area contributed by atoms with Gasteiger partial charge in [-0.15, -0.1) is 16.4 Å². The fraction of sp³-hybridized carbons (Fsp3) is 0.600. The van der Waals surface area contributed by atoms with Crippen molar-refractivity contribution in [3.63, 3.8) is 0 Å². The average Bonchev–Trinajstić information content (AvgIpc) is 3.10. The van der Waals surface area contributed by atoms with Gasteiger partial charge in [-0.3, -0.25) is 4.79 Å². The number of aryl methyl sites for hydroxylation is 2. The van der Waals surface area contributed by atoms with Crippen molar-refractivity contribution >= 4 is 17.2 Å². The minimum absolute atomic E-state index is 0.359. The maximum atomic E-state index is 11.7. The second kappa shape index (κ2) is 6.16. The smallest absolute Gasteiger partial charge is 0.242 e. The van der Waals surface area contributed by atoms with Gasteiger partial charge in [0, 0.05) is 4.88 Å². The molecule has 0 unspecified atom stereocenters. The summed E-state index contributed by atoms with van der Waals surface area (Å²) in [5.74, 6) is -0.0130. The third-order valence-corrected chi connectivity index (χ3v) is 5.10. The Bertz CT molecular complexity index is 652. The number of hydrogen-bond acceptors (Lipinski definition) is 5. The van der Waals surface area contributed by atoms with Gasteiger partial charge < -0.3 is 5.73 Å². The van der Waals surface area contributed by atoms with E-state index < -0.39 is 6.04 Å². The van der Waals surface area contributed by atoms with Crippen LogP contribution in [0, 0.1) is 5.92 Å². The summed E-state index contributed by atoms with van der Waals surface area (Å²) in [6.45, 7) is 4.12. The van der Waals surface area contributed by atoms with Gasteiger partial charge in [-0.2, -0.15) is 0 Å². The Morgan fingerprint density at radius 1 is 1.41 bits per heavy atom. The summed E-state index contributed by atoms with van der Waals surface area (Å²) in [6.07, 6.45) is 7.06. The van der Waals surface area contributed by atoms with E-state index in [1.54, 1.807) is 22.2 Å². The molecule has 0 aliphatic heterocycles. The number of aromatic nitrogens is 4. The van der Waals surface area contributed by atoms with Crippen LogP contribution in [0.25, 0.3) is 10.7 Å². The summed E-state index contributed by atoms with van der Waals surface area (Å²) in [5.41, 5.74) is 7.44. The molecule has 0 aromatic carbocycles. The number of amides is 1. The first-order valence-corrected chi connectivity index (χ1v) is 8.56. The van der Waals surface area contributed by atoms with Gasteiger partial charge in [0.2, 0.25) is 5.91 Å². The van der Waals surface area contributed by atoms with Gasteiger partial charge in [0.25, 0.3) is 0 Å². The summed E-state index contributed by atoms with van der Waals surface area (Å²) in [5, 5.41) is 9.19. The van der Waals surface area contributed by atoms with Gasteiger partial charge in [-0.25, -0.2) is 9.67 Å². The van der Waals surface area contributed by atoms with Crippen LogP contribution in [-0.4, -0.2) is 25.9 Å². The normalized spacial score (nSPS) is 15.8. The van der Waals surface area contributed by atoms with E-state index in [2.05, 4.69) is 29.1 Å². The minimum Gasteiger partial charge on any atom is -0.368 e. The first-order valence-electron chi connectivity index (χ1n) is 7.74. The summed E-state index contributed by atoms with van der Waals surface area (Å²) < 4.78 is 1.58. The Hall–Kier alpha value is -1.76. The van der Waals surface area contributed by atoms with Crippen molar-refractivity contribution in [2.75, 3.05) is 0 Å². The molecule has 2 aromatic rings. The molecule has 7 heteroatoms. The highest BCUT2D eigenvalue weighted by molar-refractivity contribution is 7.15. The maximum Gasteiger partial charge on any atom is 0.242 e. The number of carbonyl (C=O) groups excluding carboxylic acids is 1. The van der Waals surface area contributed by atoms with Gasteiger partial charge in [0.05, 0.1) is 11.9 Å². The topological polar surface area (TPSA) is 86.7 Å². The molecule has 2 aromatic heterocycles. The number of primary amides is 1. The lowest BCUT2D eigenvalue weighted by atomic mass is 10.0. The molecule has 0 saturated heterocycles. The van der Waals surface area contributed by atoms with E-state index in [4.69, 9.17) is 5.73 Å². The molecule has 0 bridgehead atoms. The third kappa shape index (κ3) is 3.04. The number of nitrogens with zero attached hydrogens (tertiary/aromatic N) is 4. The van der Waals surface area contributed by atoms with Crippen LogP contribution in [0.5, 0.6) is 0 Å². The van der Waals surface area contributed by atoms with Crippen LogP contribution in [-0.2, 0) is 17.6 Å². The van der Waals surface area contributed by atoms with Gasteiger partial charge in [-0.05, 0) is 38.0 Å². The fourth-order valence-electron chi connectivity index (χ4n) is 2.79. The van der Waals surface area contributed by atoms with Crippen molar-refractivity contribution in [2.45, 2.75) is 52.0 Å². The molecule has 1 amide bonds. The van der Waals surface area contributed by atoms with E-state index in [1.807, 2.05) is 0 Å². The number of rotatable bonds is 5. The van der Waals surface area contributed by atoms with Crippen molar-refractivity contribution < 1.29 is 4.79 Å². The van der Waals surface area contributed by atoms with Gasteiger partial charge in [-0.1, -0.05) is 19.1 Å². The molecule has 1 aliphatic rings. The van der Waals surface area contributed by atoms with Crippen LogP contribution in [0.3, 0.4) is 0 Å². The lowest BCUT2D eigenvalue weighted by Gasteiger charge is -2.14. The number of nitrogens with two attached hydrogens (primary N) is 1. The molecule has 6 nitrogen and oxygen atoms in total. The molecule has 22 heavy (non-hydrogen) atoms. The van der Waals surface area contributed by atoms with Crippen LogP contribution >= 0.6 is 11.3 Å². The Morgan fingerprint density at radius 3 is 2.86 bits per heavy atom. The Kier molecular flexibility index (Phi) is 4.24. The largest absolute Gasteiger partial charge is 0.368 e. The first-order chi connectivity index (χ1) is 10.5. The Labute approximate surface area is 133 Å². The monoisotopic (exact) mass is 319 g/mol. The van der Waals surface area contributed by atoms with Crippen molar-refractivity contribution in [3.05, 3.63) is 16.8 Å². The highest BCUT2D eigenvalue weighted by Gasteiger charge is 2.23. The van der Waals surface area contributed by atoms with E-state index in [0.29, 0.717) is 12.3 Å². The van der Waals surface area contributed by atoms with Crippen molar-refractivity contribution in [1.29, 1.82) is 0 Å². The molecule has 2 heterocycles. The number of hydrogen-bond donors (Lipinski definition) is 1. The summed E-state index contributed by atoms with van der Waals surface area (Å²) in [7, 11) is 0. The highest BCUT2D eigenvalue weighted by atomic mass is 32.1. The zero-order chi connectivity index (χ0) is 15.7. The summed E-state index contributed by atoms with van der Waals surface area (Å²) in [4.78, 5) is 17.7. The molecule has 0 radical (unpaired) electrons. The van der Waals surface area contributed by atoms with Crippen LogP contribution < -0.4 is 5.73 Å². The van der Waals surface area contributed by atoms with Gasteiger partial charge >= 0.3 is 0 Å². The summed E-state index contributed by atoms with van der Waals surface area (Å²) in [6, 6.07) is -0.448. The summed E-state index contributed by atoms with van der Waals surface area (Å²) >= 11 is 1.69. The number of carbonyl (C=O) groups is 1. The standard InChI is InChI=1S/C15H21N5OS/c1-9(2)7-12(14(16)21)20-8-11(18-19-20)15-17-10-5-3-4-6-13(10)22-15/h8-9,12H,3-7H2,1-2H3,(H2,16,21)/t12-/m0/s1. The van der Waals surface area contributed by atoms with Crippen LogP contribution in [0.4, 0.5) is 0 Å². The maximum absolute atomic E-state index is 11.7. The molecule has 1 aliphatic carbocycles. The molecule has 0 saturated carbocycles. The minimum atomic E-state index is -0.448. The number of fused-ring (bicyclic) bond motifs is 1. The average molecular weight is 319 g/mol. The van der Waals surface area contributed by atoms with E-state index >= 15 is 0 Å². The highest BCUT2D eigenvalue weighted by Crippen LogP contribution is 2.32. The third-order valence-electron chi connectivity index (χ3n) is 3.92. The molecule has 118 valence electrons. The van der Waals surface area contributed by atoms with Crippen molar-refractivity contribution in [1.82, 2.24) is 20.0 Å². The predicted molar refractivity (Wildman–Crippen MR) is 85.5 cm³/mol. The van der Waals surface area contributed by atoms with Gasteiger partial charge in [0.15, 0.2) is 0 Å². The molecule has 2 N–H and O–H groups in total. The molecule has 3 rings (SSSR count). The molecular formula is C15H21N5OS. The SMILES string of the molecule is CC(C)C[C@@H](C(N)=O)n1cc(-c2nc3c(s2)CCCC3)nn1. The zero-order valence-corrected chi connectivity index (χ0v) is 13.8. The molecule has 1 atom stereocenters. The van der Waals surface area contributed by atoms with Crippen LogP contribution in [0.1, 0.15) is 49.7 Å². The van der Waals surface area contributed by atoms with E-state index in [-0.39, 0.29) is 5.91 Å². The van der Waals surface area contributed by atoms with E-state index in [0.717, 1.165) is 23.5 Å². The van der Waals surface area contributed by atoms with Crippen LogP contribution in [0.2, 0.25) is 0 Å². The zero-order valence-electron chi connectivity index (χ0n) is 13.0. The predicted octanol–water partition coefficient (Wildman–Crippen LogP) is 2.35. The van der Waals surface area contributed by atoms with E-state index in [9.17, 15) is 4.79 Å². The second-order valence-corrected chi connectivity index (χ2v) is 7.31. The van der Waals surface area contributed by atoms with Crippen molar-refractivity contribution in [3.8, 4) is 10.7 Å². The Morgan fingerprint density at radius 2 is 2.18 bits per heavy atom. The van der Waals surface area contributed by atoms with E-state index in [1.165, 1.54) is 23.4 Å². The first kappa shape index (κ1) is 15.1. The van der Waals surface area contributed by atoms with Crippen LogP contribution in [0.15, 0.2) is 6.20 Å². The van der Waals surface area contributed by atoms with Gasteiger partial charge in [0.1, 0.15) is 16.7 Å². The molecule has 0 spiro atoms. The number of thiazole rings is 1. The Balaban J connectivity index is 1.86. The van der Waals surface area contributed by atoms with Crippen molar-refractivity contribution in [2.24, 2.45) is 11.7 Å². The molecular weight excluding hydrogens is 298 g/mol. The second-order valence-electron chi connectivity index (χ2n) is 6.23.